The van der Waals surface area contributed by atoms with E-state index >= 15 is 0 Å². The Morgan fingerprint density at radius 3 is 1.71 bits per heavy atom. The molecule has 0 saturated carbocycles. The van der Waals surface area contributed by atoms with Gasteiger partial charge in [-0.1, -0.05) is 40.2 Å². The third-order valence-electron chi connectivity index (χ3n) is 3.54. The third-order valence-corrected chi connectivity index (χ3v) is 4.45. The molecule has 0 N–H and O–H groups in total. The van der Waals surface area contributed by atoms with Crippen LogP contribution in [-0.2, 0) is 12.8 Å². The molecule has 0 fully saturated rings. The van der Waals surface area contributed by atoms with Crippen molar-refractivity contribution in [3.05, 3.63) is 59.7 Å². The van der Waals surface area contributed by atoms with Gasteiger partial charge < -0.3 is 9.47 Å². The summed E-state index contributed by atoms with van der Waals surface area (Å²) in [7, 11) is 3.41. The second-order valence-corrected chi connectivity index (χ2v) is 5.78. The molecule has 0 spiro atoms. The molecule has 0 atom stereocenters. The van der Waals surface area contributed by atoms with E-state index in [1.165, 1.54) is 11.1 Å². The Morgan fingerprint density at radius 2 is 1.33 bits per heavy atom. The third kappa shape index (κ3) is 4.78. The molecular formula is C18H21BrO2. The second kappa shape index (κ2) is 8.08. The first-order valence-corrected chi connectivity index (χ1v) is 8.19. The highest BCUT2D eigenvalue weighted by molar-refractivity contribution is 9.09. The molecule has 2 nitrogen and oxygen atoms in total. The zero-order chi connectivity index (χ0) is 15.1. The summed E-state index contributed by atoms with van der Waals surface area (Å²) in [6, 6.07) is 16.6. The monoisotopic (exact) mass is 348 g/mol. The Hall–Kier alpha value is -1.48. The topological polar surface area (TPSA) is 18.5 Å². The van der Waals surface area contributed by atoms with Crippen LogP contribution in [0.1, 0.15) is 11.1 Å². The molecule has 0 saturated heterocycles. The van der Waals surface area contributed by atoms with Gasteiger partial charge in [-0.05, 0) is 54.2 Å². The van der Waals surface area contributed by atoms with Gasteiger partial charge in [0.15, 0.2) is 0 Å². The summed E-state index contributed by atoms with van der Waals surface area (Å²) in [4.78, 5) is 0. The van der Waals surface area contributed by atoms with Crippen molar-refractivity contribution in [2.45, 2.75) is 12.8 Å². The number of hydrogen-bond donors (Lipinski definition) is 0. The minimum Gasteiger partial charge on any atom is -0.497 e. The maximum absolute atomic E-state index is 5.29. The van der Waals surface area contributed by atoms with Crippen molar-refractivity contribution in [1.82, 2.24) is 0 Å². The molecule has 0 amide bonds. The highest BCUT2D eigenvalue weighted by atomic mass is 79.9. The van der Waals surface area contributed by atoms with E-state index in [0.29, 0.717) is 5.92 Å². The Labute approximate surface area is 135 Å². The van der Waals surface area contributed by atoms with Crippen LogP contribution in [0.25, 0.3) is 0 Å². The maximum Gasteiger partial charge on any atom is 0.119 e. The number of rotatable bonds is 7. The van der Waals surface area contributed by atoms with Crippen LogP contribution in [0.4, 0.5) is 0 Å². The lowest BCUT2D eigenvalue weighted by Crippen LogP contribution is -2.10. The van der Waals surface area contributed by atoms with Crippen LogP contribution in [0, 0.1) is 5.92 Å². The molecule has 3 heteroatoms. The minimum atomic E-state index is 0.546. The van der Waals surface area contributed by atoms with Gasteiger partial charge in [-0.25, -0.2) is 0 Å². The fraction of sp³-hybridized carbons (Fsp3) is 0.333. The predicted octanol–water partition coefficient (Wildman–Crippen LogP) is 4.50. The number of methoxy groups -OCH3 is 2. The molecule has 0 aliphatic rings. The van der Waals surface area contributed by atoms with Crippen LogP contribution in [0.3, 0.4) is 0 Å². The van der Waals surface area contributed by atoms with E-state index in [1.807, 2.05) is 24.3 Å². The van der Waals surface area contributed by atoms with E-state index in [1.54, 1.807) is 14.2 Å². The van der Waals surface area contributed by atoms with E-state index in [2.05, 4.69) is 40.2 Å². The van der Waals surface area contributed by atoms with Crippen molar-refractivity contribution in [2.75, 3.05) is 19.5 Å². The van der Waals surface area contributed by atoms with Crippen LogP contribution in [0.2, 0.25) is 0 Å². The molecule has 0 aliphatic carbocycles. The van der Waals surface area contributed by atoms with Crippen molar-refractivity contribution >= 4 is 15.9 Å². The number of benzene rings is 2. The zero-order valence-corrected chi connectivity index (χ0v) is 14.1. The highest BCUT2D eigenvalue weighted by Gasteiger charge is 2.10. The Kier molecular flexibility index (Phi) is 6.12. The van der Waals surface area contributed by atoms with Crippen LogP contribution < -0.4 is 9.47 Å². The van der Waals surface area contributed by atoms with Crippen LogP contribution in [0.15, 0.2) is 48.5 Å². The number of halogens is 1. The smallest absolute Gasteiger partial charge is 0.119 e. The average Bonchev–Trinajstić information content (AvgIpc) is 2.54. The molecule has 0 aliphatic heterocycles. The van der Waals surface area contributed by atoms with Crippen molar-refractivity contribution in [2.24, 2.45) is 5.92 Å². The summed E-state index contributed by atoms with van der Waals surface area (Å²) >= 11 is 3.64. The number of hydrogen-bond acceptors (Lipinski definition) is 2. The Bertz CT molecular complexity index is 519. The van der Waals surface area contributed by atoms with Crippen molar-refractivity contribution < 1.29 is 9.47 Å². The lowest BCUT2D eigenvalue weighted by molar-refractivity contribution is 0.413. The molecule has 0 unspecified atom stereocenters. The van der Waals surface area contributed by atoms with Gasteiger partial charge in [-0.15, -0.1) is 0 Å². The Morgan fingerprint density at radius 1 is 0.857 bits per heavy atom. The first-order valence-electron chi connectivity index (χ1n) is 7.07. The largest absolute Gasteiger partial charge is 0.497 e. The molecule has 0 bridgehead atoms. The molecule has 112 valence electrons. The van der Waals surface area contributed by atoms with Gasteiger partial charge >= 0.3 is 0 Å². The molecule has 21 heavy (non-hydrogen) atoms. The van der Waals surface area contributed by atoms with E-state index in [9.17, 15) is 0 Å². The van der Waals surface area contributed by atoms with E-state index in [4.69, 9.17) is 9.47 Å². The molecular weight excluding hydrogens is 328 g/mol. The summed E-state index contributed by atoms with van der Waals surface area (Å²) in [5.74, 6) is 2.38. The van der Waals surface area contributed by atoms with E-state index in [-0.39, 0.29) is 0 Å². The van der Waals surface area contributed by atoms with Gasteiger partial charge in [0, 0.05) is 5.33 Å². The fourth-order valence-corrected chi connectivity index (χ4v) is 2.90. The molecule has 2 rings (SSSR count). The molecule has 0 heterocycles. The normalized spacial score (nSPS) is 10.7. The minimum absolute atomic E-state index is 0.546. The molecule has 0 aromatic heterocycles. The SMILES string of the molecule is COc1cccc(CC(CBr)Cc2cccc(OC)c2)c1. The van der Waals surface area contributed by atoms with Gasteiger partial charge in [0.25, 0.3) is 0 Å². The average molecular weight is 349 g/mol. The fourth-order valence-electron chi connectivity index (χ4n) is 2.45. The predicted molar refractivity (Wildman–Crippen MR) is 90.7 cm³/mol. The number of ether oxygens (including phenoxy) is 2. The summed E-state index contributed by atoms with van der Waals surface area (Å²) in [5.41, 5.74) is 2.61. The van der Waals surface area contributed by atoms with Gasteiger partial charge in [-0.3, -0.25) is 0 Å². The maximum atomic E-state index is 5.29. The summed E-state index contributed by atoms with van der Waals surface area (Å²) in [6.45, 7) is 0. The quantitative estimate of drug-likeness (QED) is 0.685. The summed E-state index contributed by atoms with van der Waals surface area (Å²) in [5, 5.41) is 0.974. The lowest BCUT2D eigenvalue weighted by Gasteiger charge is -2.15. The van der Waals surface area contributed by atoms with Crippen molar-refractivity contribution in [1.29, 1.82) is 0 Å². The Balaban J connectivity index is 2.05. The number of alkyl halides is 1. The molecule has 2 aromatic rings. The van der Waals surface area contributed by atoms with Crippen molar-refractivity contribution in [3.8, 4) is 11.5 Å². The highest BCUT2D eigenvalue weighted by Crippen LogP contribution is 2.22. The van der Waals surface area contributed by atoms with Gasteiger partial charge in [0.2, 0.25) is 0 Å². The van der Waals surface area contributed by atoms with Gasteiger partial charge in [0.1, 0.15) is 11.5 Å². The van der Waals surface area contributed by atoms with E-state index < -0.39 is 0 Å². The van der Waals surface area contributed by atoms with Crippen LogP contribution in [-0.4, -0.2) is 19.5 Å². The molecule has 2 aromatic carbocycles. The summed E-state index contributed by atoms with van der Waals surface area (Å²) in [6.07, 6.45) is 2.05. The first kappa shape index (κ1) is 15.9. The lowest BCUT2D eigenvalue weighted by atomic mass is 9.94. The second-order valence-electron chi connectivity index (χ2n) is 5.13. The van der Waals surface area contributed by atoms with Gasteiger partial charge in [-0.2, -0.15) is 0 Å². The first-order chi connectivity index (χ1) is 10.2. The van der Waals surface area contributed by atoms with Crippen LogP contribution >= 0.6 is 15.9 Å². The van der Waals surface area contributed by atoms with Crippen molar-refractivity contribution in [3.63, 3.8) is 0 Å². The van der Waals surface area contributed by atoms with Crippen LogP contribution in [0.5, 0.6) is 11.5 Å². The standard InChI is InChI=1S/C18H21BrO2/c1-20-17-7-3-5-14(11-17)9-16(13-19)10-15-6-4-8-18(12-15)21-2/h3-8,11-12,16H,9-10,13H2,1-2H3. The van der Waals surface area contributed by atoms with E-state index in [0.717, 1.165) is 29.7 Å². The zero-order valence-electron chi connectivity index (χ0n) is 12.5. The van der Waals surface area contributed by atoms with Gasteiger partial charge in [0.05, 0.1) is 14.2 Å². The molecule has 0 radical (unpaired) electrons. The summed E-state index contributed by atoms with van der Waals surface area (Å²) < 4.78 is 10.6.